The SMILES string of the molecule is CCC(C)C1([C@@H](CC(=O)N2CCCC2C2(C(C)C(=O)NC(/C=C/c3ccccc3)C(=O)OC)CC2C)OC)CC1. The number of ether oxygens (including phenoxy) is 2. The van der Waals surface area contributed by atoms with E-state index >= 15 is 0 Å². The van der Waals surface area contributed by atoms with Gasteiger partial charge in [-0.05, 0) is 54.9 Å². The fraction of sp³-hybridized carbons (Fsp3) is 0.667. The van der Waals surface area contributed by atoms with Gasteiger partial charge in [0.05, 0.1) is 19.6 Å². The number of rotatable bonds is 13. The minimum absolute atomic E-state index is 0.0171. The number of hydrogen-bond donors (Lipinski definition) is 1. The number of amides is 2. The summed E-state index contributed by atoms with van der Waals surface area (Å²) in [6, 6.07) is 8.77. The van der Waals surface area contributed by atoms with Gasteiger partial charge in [0.15, 0.2) is 0 Å². The van der Waals surface area contributed by atoms with Gasteiger partial charge < -0.3 is 19.7 Å². The van der Waals surface area contributed by atoms with E-state index in [1.54, 1.807) is 13.2 Å². The smallest absolute Gasteiger partial charge is 0.332 e. The van der Waals surface area contributed by atoms with Gasteiger partial charge in [-0.25, -0.2) is 4.79 Å². The van der Waals surface area contributed by atoms with E-state index < -0.39 is 12.0 Å². The number of hydrogen-bond acceptors (Lipinski definition) is 5. The highest BCUT2D eigenvalue weighted by Gasteiger charge is 2.64. The first-order chi connectivity index (χ1) is 19.1. The van der Waals surface area contributed by atoms with Crippen LogP contribution in [0.25, 0.3) is 6.08 Å². The van der Waals surface area contributed by atoms with Crippen LogP contribution in [-0.2, 0) is 23.9 Å². The van der Waals surface area contributed by atoms with Gasteiger partial charge in [0.2, 0.25) is 11.8 Å². The topological polar surface area (TPSA) is 84.9 Å². The lowest BCUT2D eigenvalue weighted by atomic mass is 9.79. The first-order valence-electron chi connectivity index (χ1n) is 15.1. The molecule has 1 saturated heterocycles. The van der Waals surface area contributed by atoms with Crippen molar-refractivity contribution < 1.29 is 23.9 Å². The Hall–Kier alpha value is -2.67. The van der Waals surface area contributed by atoms with E-state index in [2.05, 4.69) is 31.0 Å². The maximum absolute atomic E-state index is 13.8. The third kappa shape index (κ3) is 5.86. The lowest BCUT2D eigenvalue weighted by Gasteiger charge is -2.38. The van der Waals surface area contributed by atoms with Crippen LogP contribution in [-0.4, -0.2) is 61.6 Å². The van der Waals surface area contributed by atoms with Gasteiger partial charge in [0.25, 0.3) is 0 Å². The van der Waals surface area contributed by atoms with Crippen molar-refractivity contribution in [2.45, 2.75) is 90.8 Å². The van der Waals surface area contributed by atoms with Crippen molar-refractivity contribution in [3.63, 3.8) is 0 Å². The zero-order chi connectivity index (χ0) is 29.1. The second kappa shape index (κ2) is 12.5. The number of carbonyl (C=O) groups is 3. The van der Waals surface area contributed by atoms with Gasteiger partial charge in [0.1, 0.15) is 6.04 Å². The molecule has 220 valence electrons. The third-order valence-electron chi connectivity index (χ3n) is 10.6. The molecule has 6 unspecified atom stereocenters. The fourth-order valence-electron chi connectivity index (χ4n) is 7.54. The predicted molar refractivity (Wildman–Crippen MR) is 156 cm³/mol. The van der Waals surface area contributed by atoms with Gasteiger partial charge in [0, 0.05) is 31.0 Å². The van der Waals surface area contributed by atoms with Gasteiger partial charge in [-0.15, -0.1) is 0 Å². The summed E-state index contributed by atoms with van der Waals surface area (Å²) in [5.74, 6) is -0.0583. The highest BCUT2D eigenvalue weighted by atomic mass is 16.5. The summed E-state index contributed by atoms with van der Waals surface area (Å²) in [4.78, 5) is 42.0. The van der Waals surface area contributed by atoms with E-state index in [4.69, 9.17) is 9.47 Å². The molecular formula is C33H48N2O5. The van der Waals surface area contributed by atoms with E-state index in [1.807, 2.05) is 43.3 Å². The maximum Gasteiger partial charge on any atom is 0.332 e. The number of likely N-dealkylation sites (tertiary alicyclic amines) is 1. The highest BCUT2D eigenvalue weighted by molar-refractivity contribution is 5.88. The molecule has 3 fully saturated rings. The molecule has 1 heterocycles. The van der Waals surface area contributed by atoms with Crippen LogP contribution in [0.5, 0.6) is 0 Å². The minimum atomic E-state index is -0.884. The van der Waals surface area contributed by atoms with Crippen molar-refractivity contribution in [1.29, 1.82) is 0 Å². The standard InChI is InChI=1S/C33H48N2O5/c1-7-22(2)32(17-18-32)28(39-5)20-29(36)35-19-11-14-27(35)33(21-23(33)3)24(4)30(37)34-26(31(38)40-6)16-15-25-12-9-8-10-13-25/h8-10,12-13,15-16,22-24,26-28H,7,11,14,17-21H2,1-6H3,(H,34,37)/b16-15+/t22?,23?,24?,26?,27?,28-,33?/m1/s1. The van der Waals surface area contributed by atoms with E-state index in [-0.39, 0.29) is 40.7 Å². The zero-order valence-electron chi connectivity index (χ0n) is 25.2. The van der Waals surface area contributed by atoms with E-state index in [0.29, 0.717) is 18.3 Å². The molecule has 7 atom stereocenters. The van der Waals surface area contributed by atoms with E-state index in [9.17, 15) is 14.4 Å². The molecule has 0 aromatic heterocycles. The molecule has 2 amide bonds. The lowest BCUT2D eigenvalue weighted by Crippen LogP contribution is -2.51. The van der Waals surface area contributed by atoms with Gasteiger partial charge in [-0.1, -0.05) is 76.6 Å². The Bertz CT molecular complexity index is 1080. The van der Waals surface area contributed by atoms with Gasteiger partial charge >= 0.3 is 5.97 Å². The Morgan fingerprint density at radius 3 is 2.38 bits per heavy atom. The van der Waals surface area contributed by atoms with Crippen molar-refractivity contribution in [3.05, 3.63) is 42.0 Å². The number of benzene rings is 1. The summed E-state index contributed by atoms with van der Waals surface area (Å²) in [7, 11) is 3.07. The first-order valence-corrected chi connectivity index (χ1v) is 15.1. The Labute approximate surface area is 240 Å². The van der Waals surface area contributed by atoms with Gasteiger partial charge in [-0.3, -0.25) is 9.59 Å². The molecular weight excluding hydrogens is 504 g/mol. The van der Waals surface area contributed by atoms with E-state index in [1.165, 1.54) is 7.11 Å². The average Bonchev–Trinajstić information content (AvgIpc) is 3.86. The number of methoxy groups -OCH3 is 2. The molecule has 7 nitrogen and oxygen atoms in total. The molecule has 7 heteroatoms. The third-order valence-corrected chi connectivity index (χ3v) is 10.6. The van der Waals surface area contributed by atoms with Crippen molar-refractivity contribution >= 4 is 23.9 Å². The molecule has 1 N–H and O–H groups in total. The number of nitrogens with one attached hydrogen (secondary N) is 1. The summed E-state index contributed by atoms with van der Waals surface area (Å²) in [5, 5.41) is 2.94. The summed E-state index contributed by atoms with van der Waals surface area (Å²) in [5.41, 5.74) is 0.751. The largest absolute Gasteiger partial charge is 0.467 e. The Kier molecular flexibility index (Phi) is 9.44. The van der Waals surface area contributed by atoms with Crippen LogP contribution in [0.2, 0.25) is 0 Å². The molecule has 2 aliphatic carbocycles. The van der Waals surface area contributed by atoms with Crippen LogP contribution in [0.15, 0.2) is 36.4 Å². The first kappa shape index (κ1) is 30.3. The van der Waals surface area contributed by atoms with Crippen LogP contribution in [0.1, 0.15) is 78.2 Å². The summed E-state index contributed by atoms with van der Waals surface area (Å²) < 4.78 is 10.9. The minimum Gasteiger partial charge on any atom is -0.467 e. The van der Waals surface area contributed by atoms with Crippen molar-refractivity contribution in [3.8, 4) is 0 Å². The van der Waals surface area contributed by atoms with Crippen LogP contribution in [0.4, 0.5) is 0 Å². The highest BCUT2D eigenvalue weighted by Crippen LogP contribution is 2.63. The monoisotopic (exact) mass is 552 g/mol. The Balaban J connectivity index is 1.47. The predicted octanol–water partition coefficient (Wildman–Crippen LogP) is 5.24. The van der Waals surface area contributed by atoms with Gasteiger partial charge in [-0.2, -0.15) is 0 Å². The zero-order valence-corrected chi connectivity index (χ0v) is 25.2. The molecule has 2 saturated carbocycles. The second-order valence-corrected chi connectivity index (χ2v) is 12.4. The van der Waals surface area contributed by atoms with Crippen LogP contribution < -0.4 is 5.32 Å². The number of nitrogens with zero attached hydrogens (tertiary/aromatic N) is 1. The summed E-state index contributed by atoms with van der Waals surface area (Å²) >= 11 is 0. The van der Waals surface area contributed by atoms with Crippen molar-refractivity contribution in [2.75, 3.05) is 20.8 Å². The number of carbonyl (C=O) groups excluding carboxylic acids is 3. The van der Waals surface area contributed by atoms with Crippen molar-refractivity contribution in [1.82, 2.24) is 10.2 Å². The summed E-state index contributed by atoms with van der Waals surface area (Å²) in [6.45, 7) is 9.35. The molecule has 0 radical (unpaired) electrons. The molecule has 1 aliphatic heterocycles. The molecule has 40 heavy (non-hydrogen) atoms. The van der Waals surface area contributed by atoms with Crippen LogP contribution in [0, 0.1) is 28.6 Å². The maximum atomic E-state index is 13.8. The molecule has 4 rings (SSSR count). The Morgan fingerprint density at radius 2 is 1.82 bits per heavy atom. The molecule has 1 aromatic rings. The molecule has 1 aromatic carbocycles. The second-order valence-electron chi connectivity index (χ2n) is 12.4. The van der Waals surface area contributed by atoms with Crippen LogP contribution in [0.3, 0.4) is 0 Å². The molecule has 3 aliphatic rings. The van der Waals surface area contributed by atoms with Crippen molar-refractivity contribution in [2.24, 2.45) is 28.6 Å². The number of esters is 1. The quantitative estimate of drug-likeness (QED) is 0.338. The molecule has 0 spiro atoms. The fourth-order valence-corrected chi connectivity index (χ4v) is 7.54. The molecule has 0 bridgehead atoms. The lowest BCUT2D eigenvalue weighted by molar-refractivity contribution is -0.145. The Morgan fingerprint density at radius 1 is 1.15 bits per heavy atom. The normalized spacial score (nSPS) is 28.0. The van der Waals surface area contributed by atoms with Crippen LogP contribution >= 0.6 is 0 Å². The summed E-state index contributed by atoms with van der Waals surface area (Å²) in [6.07, 6.45) is 9.88. The average molecular weight is 553 g/mol. The van der Waals surface area contributed by atoms with E-state index in [0.717, 1.165) is 50.6 Å².